The SMILES string of the molecule is COC1(O)C(C(C)C)=C(O)C2=C(C1(O)O)[C@]1(C)CCCC(C)(C)[C@@H]1C2=O. The summed E-state index contributed by atoms with van der Waals surface area (Å²) < 4.78 is 5.15. The van der Waals surface area contributed by atoms with E-state index in [0.29, 0.717) is 6.42 Å². The van der Waals surface area contributed by atoms with E-state index in [1.54, 1.807) is 13.8 Å². The van der Waals surface area contributed by atoms with Gasteiger partial charge in [-0.25, -0.2) is 0 Å². The molecule has 6 nitrogen and oxygen atoms in total. The fraction of sp³-hybridized carbons (Fsp3) is 0.750. The van der Waals surface area contributed by atoms with Gasteiger partial charge in [-0.1, -0.05) is 41.0 Å². The van der Waals surface area contributed by atoms with E-state index in [9.17, 15) is 25.2 Å². The third-order valence-corrected chi connectivity index (χ3v) is 6.82. The van der Waals surface area contributed by atoms with Gasteiger partial charge in [-0.2, -0.15) is 0 Å². The number of fused-ring (bicyclic) bond motifs is 2. The number of hydrogen-bond acceptors (Lipinski definition) is 6. The van der Waals surface area contributed by atoms with Crippen LogP contribution in [-0.2, 0) is 9.53 Å². The van der Waals surface area contributed by atoms with Gasteiger partial charge in [0.2, 0.25) is 5.79 Å². The predicted octanol–water partition coefficient (Wildman–Crippen LogP) is 2.20. The minimum atomic E-state index is -2.81. The second-order valence-electron chi connectivity index (χ2n) is 9.24. The lowest BCUT2D eigenvalue weighted by Crippen LogP contribution is -2.63. The van der Waals surface area contributed by atoms with E-state index in [-0.39, 0.29) is 33.7 Å². The maximum Gasteiger partial charge on any atom is 0.252 e. The van der Waals surface area contributed by atoms with Crippen LogP contribution in [0, 0.1) is 22.7 Å². The van der Waals surface area contributed by atoms with E-state index < -0.39 is 28.8 Å². The average Bonchev–Trinajstić information content (AvgIpc) is 2.74. The number of ketones is 1. The molecule has 1 fully saturated rings. The lowest BCUT2D eigenvalue weighted by Gasteiger charge is -2.52. The molecule has 6 heteroatoms. The van der Waals surface area contributed by atoms with Gasteiger partial charge < -0.3 is 25.2 Å². The number of rotatable bonds is 2. The standard InChI is InChI=1S/C20H30O6/c1-10(2)12-13(21)11-14(22)16-17(3,4)8-7-9-18(16,5)15(11)19(23,24)20(12,25)26-6/h10,16,21,23-25H,7-9H2,1-6H3/t16-,18-,20?/m0/s1. The number of methoxy groups -OCH3 is 1. The molecule has 26 heavy (non-hydrogen) atoms. The van der Waals surface area contributed by atoms with Gasteiger partial charge in [-0.05, 0) is 24.2 Å². The highest BCUT2D eigenvalue weighted by molar-refractivity contribution is 6.06. The Bertz CT molecular complexity index is 729. The van der Waals surface area contributed by atoms with Gasteiger partial charge in [0.1, 0.15) is 5.76 Å². The summed E-state index contributed by atoms with van der Waals surface area (Å²) in [6.45, 7) is 9.19. The molecule has 4 N–H and O–H groups in total. The van der Waals surface area contributed by atoms with Crippen molar-refractivity contribution < 1.29 is 30.0 Å². The van der Waals surface area contributed by atoms with Crippen LogP contribution < -0.4 is 0 Å². The van der Waals surface area contributed by atoms with Gasteiger partial charge in [0.15, 0.2) is 5.78 Å². The molecule has 0 aromatic carbocycles. The van der Waals surface area contributed by atoms with Crippen LogP contribution in [0.3, 0.4) is 0 Å². The molecular formula is C20H30O6. The summed E-state index contributed by atoms with van der Waals surface area (Å²) in [7, 11) is 1.16. The predicted molar refractivity (Wildman–Crippen MR) is 94.9 cm³/mol. The molecule has 1 unspecified atom stereocenters. The van der Waals surface area contributed by atoms with E-state index in [4.69, 9.17) is 4.74 Å². The molecule has 0 bridgehead atoms. The number of hydrogen-bond donors (Lipinski definition) is 4. The van der Waals surface area contributed by atoms with Crippen LogP contribution in [0.1, 0.15) is 53.9 Å². The Morgan fingerprint density at radius 3 is 2.19 bits per heavy atom. The van der Waals surface area contributed by atoms with Crippen molar-refractivity contribution in [1.82, 2.24) is 0 Å². The normalized spacial score (nSPS) is 38.7. The zero-order chi connectivity index (χ0) is 19.9. The molecule has 3 aliphatic rings. The lowest BCUT2D eigenvalue weighted by molar-refractivity contribution is -0.338. The summed E-state index contributed by atoms with van der Waals surface area (Å²) in [5.41, 5.74) is -1.39. The fourth-order valence-electron chi connectivity index (χ4n) is 5.91. The number of allylic oxidation sites excluding steroid dienone is 1. The van der Waals surface area contributed by atoms with Crippen molar-refractivity contribution in [2.24, 2.45) is 22.7 Å². The summed E-state index contributed by atoms with van der Waals surface area (Å²) >= 11 is 0. The Hall–Kier alpha value is -1.21. The highest BCUT2D eigenvalue weighted by Gasteiger charge is 2.70. The molecule has 3 rings (SSSR count). The molecule has 0 heterocycles. The van der Waals surface area contributed by atoms with Crippen molar-refractivity contribution in [3.8, 4) is 0 Å². The number of ether oxygens (including phenoxy) is 1. The number of carbonyl (C=O) groups is 1. The molecule has 0 aromatic heterocycles. The van der Waals surface area contributed by atoms with E-state index in [1.165, 1.54) is 0 Å². The highest BCUT2D eigenvalue weighted by Crippen LogP contribution is 2.65. The quantitative estimate of drug-likeness (QED) is 0.558. The van der Waals surface area contributed by atoms with E-state index >= 15 is 0 Å². The van der Waals surface area contributed by atoms with Crippen LogP contribution in [0.5, 0.6) is 0 Å². The van der Waals surface area contributed by atoms with Crippen molar-refractivity contribution in [2.45, 2.75) is 65.5 Å². The second kappa shape index (κ2) is 5.41. The van der Waals surface area contributed by atoms with Crippen molar-refractivity contribution in [3.63, 3.8) is 0 Å². The summed E-state index contributed by atoms with van der Waals surface area (Å²) in [6.07, 6.45) is 2.21. The summed E-state index contributed by atoms with van der Waals surface area (Å²) in [5, 5.41) is 44.3. The smallest absolute Gasteiger partial charge is 0.252 e. The van der Waals surface area contributed by atoms with Gasteiger partial charge in [0.25, 0.3) is 5.79 Å². The van der Waals surface area contributed by atoms with Gasteiger partial charge in [0, 0.05) is 29.6 Å². The molecule has 0 radical (unpaired) electrons. The van der Waals surface area contributed by atoms with Gasteiger partial charge >= 0.3 is 0 Å². The molecule has 146 valence electrons. The van der Waals surface area contributed by atoms with Crippen molar-refractivity contribution in [3.05, 3.63) is 22.5 Å². The van der Waals surface area contributed by atoms with Crippen LogP contribution in [0.2, 0.25) is 0 Å². The van der Waals surface area contributed by atoms with Crippen LogP contribution >= 0.6 is 0 Å². The molecular weight excluding hydrogens is 336 g/mol. The fourth-order valence-corrected chi connectivity index (χ4v) is 5.91. The minimum Gasteiger partial charge on any atom is -0.507 e. The number of aliphatic hydroxyl groups is 4. The first kappa shape index (κ1) is 19.5. The van der Waals surface area contributed by atoms with E-state index in [2.05, 4.69) is 0 Å². The molecule has 0 spiro atoms. The van der Waals surface area contributed by atoms with E-state index in [1.807, 2.05) is 20.8 Å². The number of Topliss-reactive ketones (excluding diaryl/α,β-unsaturated/α-hetero) is 1. The average molecular weight is 366 g/mol. The van der Waals surface area contributed by atoms with Crippen LogP contribution in [0.4, 0.5) is 0 Å². The van der Waals surface area contributed by atoms with Crippen LogP contribution in [0.25, 0.3) is 0 Å². The maximum atomic E-state index is 13.4. The minimum absolute atomic E-state index is 0.0148. The Morgan fingerprint density at radius 1 is 1.12 bits per heavy atom. The lowest BCUT2D eigenvalue weighted by atomic mass is 9.54. The second-order valence-corrected chi connectivity index (χ2v) is 9.24. The number of aliphatic hydroxyl groups excluding tert-OH is 1. The third-order valence-electron chi connectivity index (χ3n) is 6.82. The Balaban J connectivity index is 2.37. The Morgan fingerprint density at radius 2 is 1.69 bits per heavy atom. The molecule has 1 saturated carbocycles. The van der Waals surface area contributed by atoms with Gasteiger partial charge in [0.05, 0.1) is 5.57 Å². The third kappa shape index (κ3) is 2.04. The first-order chi connectivity index (χ1) is 11.8. The summed E-state index contributed by atoms with van der Waals surface area (Å²) in [6, 6.07) is 0. The Labute approximate surface area is 154 Å². The zero-order valence-corrected chi connectivity index (χ0v) is 16.4. The Kier molecular flexibility index (Phi) is 4.07. The van der Waals surface area contributed by atoms with Crippen LogP contribution in [0.15, 0.2) is 22.5 Å². The molecule has 3 atom stereocenters. The van der Waals surface area contributed by atoms with Crippen molar-refractivity contribution in [1.29, 1.82) is 0 Å². The molecule has 0 amide bonds. The van der Waals surface area contributed by atoms with Crippen LogP contribution in [-0.4, -0.2) is 44.9 Å². The van der Waals surface area contributed by atoms with Crippen molar-refractivity contribution >= 4 is 5.78 Å². The summed E-state index contributed by atoms with van der Waals surface area (Å²) in [5.74, 6) is -6.96. The zero-order valence-electron chi connectivity index (χ0n) is 16.4. The summed E-state index contributed by atoms with van der Waals surface area (Å²) in [4.78, 5) is 13.4. The van der Waals surface area contributed by atoms with Crippen molar-refractivity contribution in [2.75, 3.05) is 7.11 Å². The van der Waals surface area contributed by atoms with Gasteiger partial charge in [-0.3, -0.25) is 4.79 Å². The topological polar surface area (TPSA) is 107 Å². The highest BCUT2D eigenvalue weighted by atomic mass is 16.7. The molecule has 3 aliphatic carbocycles. The van der Waals surface area contributed by atoms with E-state index in [0.717, 1.165) is 20.0 Å². The van der Waals surface area contributed by atoms with Gasteiger partial charge in [-0.15, -0.1) is 0 Å². The first-order valence-corrected chi connectivity index (χ1v) is 9.23. The number of carbonyl (C=O) groups excluding carboxylic acids is 1. The molecule has 0 aliphatic heterocycles. The monoisotopic (exact) mass is 366 g/mol. The maximum absolute atomic E-state index is 13.4. The molecule has 0 aromatic rings. The largest absolute Gasteiger partial charge is 0.507 e. The first-order valence-electron chi connectivity index (χ1n) is 9.23. The molecule has 0 saturated heterocycles.